The SMILES string of the molecule is O=C1Cc2cc(-c3ccc(-c4ccc(-n5cnnn5)cc4)cc3)c(Cl)cc2N1. The fourth-order valence-electron chi connectivity index (χ4n) is 3.40. The highest BCUT2D eigenvalue weighted by atomic mass is 35.5. The topological polar surface area (TPSA) is 72.7 Å². The summed E-state index contributed by atoms with van der Waals surface area (Å²) in [5.41, 5.74) is 6.82. The zero-order valence-corrected chi connectivity index (χ0v) is 15.4. The summed E-state index contributed by atoms with van der Waals surface area (Å²) in [4.78, 5) is 11.6. The van der Waals surface area contributed by atoms with E-state index in [0.717, 1.165) is 39.2 Å². The minimum absolute atomic E-state index is 0.00341. The highest BCUT2D eigenvalue weighted by Gasteiger charge is 2.20. The third-order valence-electron chi connectivity index (χ3n) is 4.83. The first-order valence-electron chi connectivity index (χ1n) is 8.74. The Balaban J connectivity index is 1.44. The van der Waals surface area contributed by atoms with Crippen LogP contribution in [-0.4, -0.2) is 26.1 Å². The molecule has 0 unspecified atom stereocenters. The Morgan fingerprint density at radius 1 is 0.929 bits per heavy atom. The van der Waals surface area contributed by atoms with Gasteiger partial charge in [0.2, 0.25) is 5.91 Å². The zero-order chi connectivity index (χ0) is 19.1. The molecule has 0 radical (unpaired) electrons. The number of hydrogen-bond donors (Lipinski definition) is 1. The summed E-state index contributed by atoms with van der Waals surface area (Å²) in [5.74, 6) is 0.00341. The van der Waals surface area contributed by atoms with Crippen molar-refractivity contribution >= 4 is 23.2 Å². The van der Waals surface area contributed by atoms with E-state index in [-0.39, 0.29) is 5.91 Å². The third kappa shape index (κ3) is 2.93. The van der Waals surface area contributed by atoms with E-state index in [2.05, 4.69) is 33.0 Å². The molecule has 0 atom stereocenters. The van der Waals surface area contributed by atoms with Crippen LogP contribution < -0.4 is 5.32 Å². The number of nitrogens with zero attached hydrogens (tertiary/aromatic N) is 4. The van der Waals surface area contributed by atoms with Crippen molar-refractivity contribution in [3.8, 4) is 27.9 Å². The first-order valence-corrected chi connectivity index (χ1v) is 9.12. The Bertz CT molecular complexity index is 1170. The van der Waals surface area contributed by atoms with Crippen molar-refractivity contribution < 1.29 is 4.79 Å². The zero-order valence-electron chi connectivity index (χ0n) is 14.6. The van der Waals surface area contributed by atoms with Crippen molar-refractivity contribution in [2.75, 3.05) is 5.32 Å². The first kappa shape index (κ1) is 16.6. The summed E-state index contributed by atoms with van der Waals surface area (Å²) in [6, 6.07) is 20.0. The van der Waals surface area contributed by atoms with Crippen molar-refractivity contribution in [3.63, 3.8) is 0 Å². The molecule has 136 valence electrons. The molecule has 1 aliphatic heterocycles. The molecule has 0 fully saturated rings. The van der Waals surface area contributed by atoms with Crippen LogP contribution in [0.25, 0.3) is 27.9 Å². The quantitative estimate of drug-likeness (QED) is 0.573. The molecule has 0 saturated heterocycles. The molecule has 3 aromatic carbocycles. The number of benzene rings is 3. The number of anilines is 1. The number of carbonyl (C=O) groups is 1. The molecule has 4 aromatic rings. The monoisotopic (exact) mass is 387 g/mol. The van der Waals surface area contributed by atoms with Crippen molar-refractivity contribution in [1.82, 2.24) is 20.2 Å². The largest absolute Gasteiger partial charge is 0.325 e. The van der Waals surface area contributed by atoms with Crippen LogP contribution in [0.3, 0.4) is 0 Å². The molecule has 7 heteroatoms. The van der Waals surface area contributed by atoms with Crippen LogP contribution in [0.5, 0.6) is 0 Å². The van der Waals surface area contributed by atoms with Crippen LogP contribution in [0.1, 0.15) is 5.56 Å². The maximum Gasteiger partial charge on any atom is 0.228 e. The number of nitrogens with one attached hydrogen (secondary N) is 1. The number of tetrazole rings is 1. The van der Waals surface area contributed by atoms with Gasteiger partial charge in [-0.2, -0.15) is 0 Å². The average Bonchev–Trinajstić information content (AvgIpc) is 3.37. The molecule has 0 spiro atoms. The van der Waals surface area contributed by atoms with Gasteiger partial charge in [-0.3, -0.25) is 4.79 Å². The number of carbonyl (C=O) groups excluding carboxylic acids is 1. The van der Waals surface area contributed by atoms with E-state index in [1.54, 1.807) is 11.0 Å². The molecule has 0 saturated carbocycles. The van der Waals surface area contributed by atoms with Gasteiger partial charge in [0.15, 0.2) is 0 Å². The third-order valence-corrected chi connectivity index (χ3v) is 5.14. The molecular weight excluding hydrogens is 374 g/mol. The van der Waals surface area contributed by atoms with Crippen LogP contribution in [0, 0.1) is 0 Å². The molecule has 1 aromatic heterocycles. The van der Waals surface area contributed by atoms with Crippen molar-refractivity contribution in [2.45, 2.75) is 6.42 Å². The number of rotatable bonds is 3. The first-order chi connectivity index (χ1) is 13.7. The fourth-order valence-corrected chi connectivity index (χ4v) is 3.67. The van der Waals surface area contributed by atoms with Crippen LogP contribution in [0.15, 0.2) is 67.0 Å². The maximum atomic E-state index is 11.6. The van der Waals surface area contributed by atoms with E-state index in [9.17, 15) is 4.79 Å². The van der Waals surface area contributed by atoms with Gasteiger partial charge in [-0.25, -0.2) is 4.68 Å². The molecule has 2 heterocycles. The van der Waals surface area contributed by atoms with Gasteiger partial charge < -0.3 is 5.32 Å². The summed E-state index contributed by atoms with van der Waals surface area (Å²) < 4.78 is 1.61. The summed E-state index contributed by atoms with van der Waals surface area (Å²) in [6.45, 7) is 0. The van der Waals surface area contributed by atoms with Crippen LogP contribution in [-0.2, 0) is 11.2 Å². The fraction of sp³-hybridized carbons (Fsp3) is 0.0476. The summed E-state index contributed by atoms with van der Waals surface area (Å²) in [6.07, 6.45) is 1.96. The number of aromatic nitrogens is 4. The summed E-state index contributed by atoms with van der Waals surface area (Å²) >= 11 is 6.44. The lowest BCUT2D eigenvalue weighted by Crippen LogP contribution is -2.03. The number of halogens is 1. The molecule has 5 rings (SSSR count). The van der Waals surface area contributed by atoms with E-state index >= 15 is 0 Å². The smallest absolute Gasteiger partial charge is 0.228 e. The van der Waals surface area contributed by atoms with E-state index in [4.69, 9.17) is 11.6 Å². The van der Waals surface area contributed by atoms with Crippen molar-refractivity contribution in [3.05, 3.63) is 77.6 Å². The van der Waals surface area contributed by atoms with Crippen molar-refractivity contribution in [1.29, 1.82) is 0 Å². The normalized spacial score (nSPS) is 12.7. The molecule has 0 bridgehead atoms. The second-order valence-electron chi connectivity index (χ2n) is 6.59. The van der Waals surface area contributed by atoms with Gasteiger partial charge >= 0.3 is 0 Å². The Labute approximate surface area is 165 Å². The number of amides is 1. The Hall–Kier alpha value is -3.51. The predicted molar refractivity (Wildman–Crippen MR) is 107 cm³/mol. The Morgan fingerprint density at radius 3 is 2.29 bits per heavy atom. The Morgan fingerprint density at radius 2 is 1.61 bits per heavy atom. The lowest BCUT2D eigenvalue weighted by atomic mass is 9.98. The molecule has 28 heavy (non-hydrogen) atoms. The van der Waals surface area contributed by atoms with Gasteiger partial charge in [-0.15, -0.1) is 5.10 Å². The van der Waals surface area contributed by atoms with Crippen LogP contribution in [0.4, 0.5) is 5.69 Å². The molecule has 1 amide bonds. The molecular formula is C21H14ClN5O. The number of hydrogen-bond acceptors (Lipinski definition) is 4. The van der Waals surface area contributed by atoms with E-state index < -0.39 is 0 Å². The van der Waals surface area contributed by atoms with Gasteiger partial charge in [0.1, 0.15) is 6.33 Å². The molecule has 0 aliphatic carbocycles. The number of fused-ring (bicyclic) bond motifs is 1. The minimum atomic E-state index is 0.00341. The second kappa shape index (κ2) is 6.58. The lowest BCUT2D eigenvalue weighted by molar-refractivity contribution is -0.115. The molecule has 1 aliphatic rings. The average molecular weight is 388 g/mol. The van der Waals surface area contributed by atoms with E-state index in [1.165, 1.54) is 0 Å². The van der Waals surface area contributed by atoms with Gasteiger partial charge in [0.05, 0.1) is 17.1 Å². The summed E-state index contributed by atoms with van der Waals surface area (Å²) in [5, 5.41) is 14.6. The highest BCUT2D eigenvalue weighted by Crippen LogP contribution is 2.36. The predicted octanol–water partition coefficient (Wildman–Crippen LogP) is 4.14. The standard InChI is InChI=1S/C21H14ClN5O/c22-19-11-20-16(10-21(28)24-20)9-18(19)15-3-1-13(2-4-15)14-5-7-17(8-6-14)27-12-23-25-26-27/h1-9,11-12H,10H2,(H,24,28). The van der Waals surface area contributed by atoms with Crippen LogP contribution in [0.2, 0.25) is 5.02 Å². The van der Waals surface area contributed by atoms with Gasteiger partial charge in [0.25, 0.3) is 0 Å². The molecule has 1 N–H and O–H groups in total. The van der Waals surface area contributed by atoms with Crippen molar-refractivity contribution in [2.24, 2.45) is 0 Å². The molecule has 6 nitrogen and oxygen atoms in total. The van der Waals surface area contributed by atoms with Gasteiger partial charge in [0, 0.05) is 11.3 Å². The van der Waals surface area contributed by atoms with Gasteiger partial charge in [-0.05, 0) is 56.9 Å². The Kier molecular flexibility index (Phi) is 3.91. The second-order valence-corrected chi connectivity index (χ2v) is 7.00. The van der Waals surface area contributed by atoms with Gasteiger partial charge in [-0.1, -0.05) is 48.0 Å². The summed E-state index contributed by atoms with van der Waals surface area (Å²) in [7, 11) is 0. The highest BCUT2D eigenvalue weighted by molar-refractivity contribution is 6.34. The lowest BCUT2D eigenvalue weighted by Gasteiger charge is -2.09. The van der Waals surface area contributed by atoms with E-state index in [0.29, 0.717) is 11.4 Å². The van der Waals surface area contributed by atoms with E-state index in [1.807, 2.05) is 48.5 Å². The minimum Gasteiger partial charge on any atom is -0.325 e. The van der Waals surface area contributed by atoms with Crippen LogP contribution >= 0.6 is 11.6 Å². The maximum absolute atomic E-state index is 11.6.